The molecule has 3 heterocycles. The molecule has 378 valence electrons. The van der Waals surface area contributed by atoms with Gasteiger partial charge in [-0.25, -0.2) is 9.36 Å². The lowest BCUT2D eigenvalue weighted by Crippen LogP contribution is -2.71. The summed E-state index contributed by atoms with van der Waals surface area (Å²) < 4.78 is 83.2. The quantitative estimate of drug-likeness (QED) is 0.0429. The maximum Gasteiger partial charge on any atom is 0.509 e. The second-order valence-corrected chi connectivity index (χ2v) is 29.6. The summed E-state index contributed by atoms with van der Waals surface area (Å²) in [7, 11) is -11.2. The number of aromatic nitrogens is 1. The molecule has 0 saturated carbocycles. The lowest BCUT2D eigenvalue weighted by atomic mass is 9.99. The Labute approximate surface area is 414 Å². The highest BCUT2D eigenvalue weighted by molar-refractivity contribution is 7.48. The Balaban J connectivity index is 1.36. The molecule has 2 fully saturated rings. The van der Waals surface area contributed by atoms with Crippen LogP contribution in [0.25, 0.3) is 10.9 Å². The van der Waals surface area contributed by atoms with Gasteiger partial charge in [0, 0.05) is 30.6 Å². The zero-order valence-electron chi connectivity index (χ0n) is 41.7. The Kier molecular flexibility index (Phi) is 18.0. The van der Waals surface area contributed by atoms with Gasteiger partial charge in [0.1, 0.15) is 30.7 Å². The van der Waals surface area contributed by atoms with Crippen molar-refractivity contribution in [2.75, 3.05) is 13.2 Å². The molecule has 0 radical (unpaired) electrons. The van der Waals surface area contributed by atoms with Gasteiger partial charge >= 0.3 is 31.1 Å². The SMILES string of the molecule is CC(=O)NCCc1c[nH]c2ccc(O[C@@H]3O[C@@H]4CO[Si](C(C)C)(C(C)C)O[Si](C(C)C)(C(C)C)O[C@H]4[C@H](OP(=O)(OCc4ccccc4)OCc4ccccc4)[C@H]3OC(=O)OCc3ccccc3)cc12. The summed E-state index contributed by atoms with van der Waals surface area (Å²) in [6.07, 6.45) is -5.13. The van der Waals surface area contributed by atoms with Crippen molar-refractivity contribution in [3.05, 3.63) is 138 Å². The van der Waals surface area contributed by atoms with Gasteiger partial charge in [0.25, 0.3) is 0 Å². The van der Waals surface area contributed by atoms with Crippen molar-refractivity contribution < 1.29 is 59.6 Å². The molecule has 5 aromatic rings. The van der Waals surface area contributed by atoms with E-state index in [1.54, 1.807) is 6.07 Å². The van der Waals surface area contributed by atoms with Crippen LogP contribution in [0.2, 0.25) is 22.2 Å². The van der Waals surface area contributed by atoms with E-state index in [9.17, 15) is 9.59 Å². The summed E-state index contributed by atoms with van der Waals surface area (Å²) in [4.78, 5) is 29.2. The molecule has 18 heteroatoms. The van der Waals surface area contributed by atoms with E-state index in [0.29, 0.717) is 29.8 Å². The van der Waals surface area contributed by atoms with Crippen LogP contribution < -0.4 is 10.1 Å². The molecule has 2 aliphatic rings. The maximum atomic E-state index is 15.6. The molecular weight excluding hydrogens is 948 g/mol. The lowest BCUT2D eigenvalue weighted by Gasteiger charge is -2.55. The second-order valence-electron chi connectivity index (χ2n) is 19.1. The standard InChI is InChI=1S/C52H69N2O13PSi2/c1-35(2)69(36(3)4)61-34-47-48(66-70(67-69,37(5)6)38(7)8)49(65-68(57,59-32-41-21-15-11-16-22-41)60-33-42-23-17-12-18-24-42)50(64-52(56)58-31-40-19-13-10-14-20-40)51(63-47)62-44-25-26-46-45(29-44)43(30-54-46)27-28-53-39(9)55/h10-26,29-30,35-38,47-51,54H,27-28,31-34H2,1-9H3,(H,53,55)/t47-,48-,49+,50-,51-/m1/s1. The Morgan fingerprint density at radius 2 is 1.30 bits per heavy atom. The lowest BCUT2D eigenvalue weighted by molar-refractivity contribution is -0.277. The first kappa shape index (κ1) is 53.2. The number of benzene rings is 4. The van der Waals surface area contributed by atoms with Gasteiger partial charge in [0.2, 0.25) is 12.2 Å². The van der Waals surface area contributed by atoms with Crippen LogP contribution in [0.4, 0.5) is 4.79 Å². The van der Waals surface area contributed by atoms with Crippen molar-refractivity contribution in [3.63, 3.8) is 0 Å². The number of amides is 1. The van der Waals surface area contributed by atoms with Crippen LogP contribution in [-0.4, -0.2) is 78.0 Å². The molecule has 0 unspecified atom stereocenters. The van der Waals surface area contributed by atoms with Crippen molar-refractivity contribution in [1.82, 2.24) is 10.3 Å². The highest BCUT2D eigenvalue weighted by Gasteiger charge is 2.63. The first-order chi connectivity index (χ1) is 33.5. The highest BCUT2D eigenvalue weighted by Crippen LogP contribution is 2.56. The third-order valence-corrected chi connectivity index (χ3v) is 24.5. The summed E-state index contributed by atoms with van der Waals surface area (Å²) in [6.45, 7) is 18.3. The van der Waals surface area contributed by atoms with Gasteiger partial charge in [-0.05, 0) is 69.0 Å². The third kappa shape index (κ3) is 12.9. The zero-order valence-corrected chi connectivity index (χ0v) is 44.6. The van der Waals surface area contributed by atoms with Crippen molar-refractivity contribution in [2.45, 2.75) is 141 Å². The fraction of sp³-hybridized carbons (Fsp3) is 0.462. The number of nitrogens with one attached hydrogen (secondary N) is 2. The minimum Gasteiger partial charge on any atom is -0.461 e. The minimum absolute atomic E-state index is 0.0149. The summed E-state index contributed by atoms with van der Waals surface area (Å²) in [5, 5.41) is 3.71. The van der Waals surface area contributed by atoms with Crippen LogP contribution in [-0.2, 0) is 76.4 Å². The van der Waals surface area contributed by atoms with Gasteiger partial charge in [-0.3, -0.25) is 18.4 Å². The van der Waals surface area contributed by atoms with Crippen LogP contribution in [0.1, 0.15) is 84.6 Å². The summed E-state index contributed by atoms with van der Waals surface area (Å²) in [6, 6.07) is 33.2. The molecule has 0 bridgehead atoms. The van der Waals surface area contributed by atoms with Gasteiger partial charge in [-0.15, -0.1) is 0 Å². The molecule has 2 aliphatic heterocycles. The maximum absolute atomic E-state index is 15.6. The van der Waals surface area contributed by atoms with E-state index in [1.807, 2.05) is 109 Å². The van der Waals surface area contributed by atoms with Gasteiger partial charge in [0.05, 0.1) is 19.8 Å². The van der Waals surface area contributed by atoms with Crippen LogP contribution >= 0.6 is 7.82 Å². The van der Waals surface area contributed by atoms with Crippen LogP contribution in [0.15, 0.2) is 115 Å². The van der Waals surface area contributed by atoms with E-state index in [-0.39, 0.29) is 54.5 Å². The number of aromatic amines is 1. The van der Waals surface area contributed by atoms with E-state index in [1.165, 1.54) is 6.92 Å². The highest BCUT2D eigenvalue weighted by atomic mass is 31.2. The van der Waals surface area contributed by atoms with E-state index in [4.69, 9.17) is 45.5 Å². The van der Waals surface area contributed by atoms with Gasteiger partial charge in [-0.1, -0.05) is 146 Å². The predicted octanol–water partition coefficient (Wildman–Crippen LogP) is 11.6. The number of phosphoric ester groups is 1. The fourth-order valence-corrected chi connectivity index (χ4v) is 21.7. The number of carbonyl (C=O) groups is 2. The molecule has 1 aromatic heterocycles. The smallest absolute Gasteiger partial charge is 0.461 e. The number of rotatable bonds is 20. The van der Waals surface area contributed by atoms with Gasteiger partial charge in [-0.2, -0.15) is 0 Å². The molecule has 15 nitrogen and oxygen atoms in total. The van der Waals surface area contributed by atoms with Crippen molar-refractivity contribution in [2.24, 2.45) is 0 Å². The molecule has 5 atom stereocenters. The number of hydrogen-bond donors (Lipinski definition) is 2. The van der Waals surface area contributed by atoms with Gasteiger partial charge < -0.3 is 42.2 Å². The van der Waals surface area contributed by atoms with Crippen molar-refractivity contribution in [3.8, 4) is 5.75 Å². The minimum atomic E-state index is -4.67. The number of hydrogen-bond acceptors (Lipinski definition) is 13. The van der Waals surface area contributed by atoms with Crippen molar-refractivity contribution >= 4 is 47.9 Å². The molecular formula is C52H69N2O13PSi2. The number of H-pyrrole nitrogens is 1. The largest absolute Gasteiger partial charge is 0.509 e. The first-order valence-corrected chi connectivity index (χ1v) is 29.6. The third-order valence-electron chi connectivity index (χ3n) is 12.8. The molecule has 1 amide bonds. The zero-order chi connectivity index (χ0) is 50.1. The van der Waals surface area contributed by atoms with Gasteiger partial charge in [0.15, 0.2) is 6.10 Å². The van der Waals surface area contributed by atoms with E-state index < -0.39 is 61.8 Å². The number of ether oxygens (including phenoxy) is 4. The molecule has 2 N–H and O–H groups in total. The number of phosphoric acid groups is 1. The van der Waals surface area contributed by atoms with Crippen LogP contribution in [0, 0.1) is 0 Å². The van der Waals surface area contributed by atoms with Crippen molar-refractivity contribution in [1.29, 1.82) is 0 Å². The summed E-state index contributed by atoms with van der Waals surface area (Å²) >= 11 is 0. The first-order valence-electron chi connectivity index (χ1n) is 24.2. The van der Waals surface area contributed by atoms with Crippen LogP contribution in [0.3, 0.4) is 0 Å². The topological polar surface area (TPSA) is 171 Å². The summed E-state index contributed by atoms with van der Waals surface area (Å²) in [5.74, 6) is 0.238. The number of fused-ring (bicyclic) bond motifs is 2. The molecule has 70 heavy (non-hydrogen) atoms. The normalized spacial score (nSPS) is 21.3. The Hall–Kier alpha value is -4.66. The molecule has 0 spiro atoms. The van der Waals surface area contributed by atoms with E-state index in [2.05, 4.69) is 65.7 Å². The van der Waals surface area contributed by atoms with E-state index >= 15 is 4.57 Å². The molecule has 4 aromatic carbocycles. The Morgan fingerprint density at radius 3 is 1.84 bits per heavy atom. The van der Waals surface area contributed by atoms with Crippen LogP contribution in [0.5, 0.6) is 5.75 Å². The summed E-state index contributed by atoms with van der Waals surface area (Å²) in [5.41, 5.74) is 3.71. The molecule has 7 rings (SSSR count). The molecule has 0 aliphatic carbocycles. The fourth-order valence-electron chi connectivity index (χ4n) is 9.14. The Morgan fingerprint density at radius 1 is 0.743 bits per heavy atom. The average molecular weight is 1020 g/mol. The monoisotopic (exact) mass is 1020 g/mol. The number of carbonyl (C=O) groups excluding carboxylic acids is 2. The Bertz CT molecular complexity index is 2450. The predicted molar refractivity (Wildman–Crippen MR) is 270 cm³/mol. The molecule has 2 saturated heterocycles. The second kappa shape index (κ2) is 23.7. The van der Waals surface area contributed by atoms with E-state index in [0.717, 1.165) is 22.0 Å². The average Bonchev–Trinajstić information content (AvgIpc) is 3.73.